The molecule has 0 saturated heterocycles. The lowest BCUT2D eigenvalue weighted by atomic mass is 10.1. The van der Waals surface area contributed by atoms with Crippen LogP contribution in [-0.2, 0) is 12.8 Å². The summed E-state index contributed by atoms with van der Waals surface area (Å²) in [6.45, 7) is 2.69. The van der Waals surface area contributed by atoms with Crippen molar-refractivity contribution in [2.75, 3.05) is 18.6 Å². The number of amides is 1. The molecule has 0 aliphatic carbocycles. The van der Waals surface area contributed by atoms with Crippen LogP contribution in [-0.4, -0.2) is 29.8 Å². The quantitative estimate of drug-likeness (QED) is 0.926. The lowest BCUT2D eigenvalue weighted by molar-refractivity contribution is 0.0984. The molecule has 0 atom stereocenters. The van der Waals surface area contributed by atoms with Gasteiger partial charge in [-0.2, -0.15) is 5.10 Å². The molecule has 3 rings (SSSR count). The van der Waals surface area contributed by atoms with Crippen LogP contribution in [0.15, 0.2) is 22.7 Å². The molecular formula is C15H16BrN3O2. The van der Waals surface area contributed by atoms with Crippen molar-refractivity contribution in [1.29, 1.82) is 0 Å². The molecule has 21 heavy (non-hydrogen) atoms. The minimum atomic E-state index is -0.0817. The summed E-state index contributed by atoms with van der Waals surface area (Å²) >= 11 is 3.46. The van der Waals surface area contributed by atoms with Gasteiger partial charge in [0.05, 0.1) is 11.6 Å². The van der Waals surface area contributed by atoms with E-state index in [9.17, 15) is 4.79 Å². The summed E-state index contributed by atoms with van der Waals surface area (Å²) in [7, 11) is 1.65. The lowest BCUT2D eigenvalue weighted by Gasteiger charge is -2.16. The van der Waals surface area contributed by atoms with Gasteiger partial charge in [-0.25, -0.2) is 0 Å². The molecule has 1 amide bonds. The maximum absolute atomic E-state index is 12.7. The Morgan fingerprint density at radius 1 is 1.52 bits per heavy atom. The maximum Gasteiger partial charge on any atom is 0.279 e. The van der Waals surface area contributed by atoms with E-state index in [1.807, 2.05) is 25.1 Å². The Kier molecular flexibility index (Phi) is 3.71. The number of benzene rings is 1. The fourth-order valence-electron chi connectivity index (χ4n) is 2.58. The summed E-state index contributed by atoms with van der Waals surface area (Å²) in [6.07, 6.45) is 1.63. The van der Waals surface area contributed by atoms with E-state index in [-0.39, 0.29) is 5.91 Å². The number of anilines is 1. The molecule has 0 saturated carbocycles. The Morgan fingerprint density at radius 2 is 2.33 bits per heavy atom. The molecule has 1 N–H and O–H groups in total. The molecule has 0 radical (unpaired) electrons. The first-order valence-electron chi connectivity index (χ1n) is 6.87. The number of aromatic nitrogens is 2. The predicted octanol–water partition coefficient (Wildman–Crippen LogP) is 2.95. The van der Waals surface area contributed by atoms with Gasteiger partial charge in [0.1, 0.15) is 5.75 Å². The van der Waals surface area contributed by atoms with Gasteiger partial charge in [-0.15, -0.1) is 0 Å². The van der Waals surface area contributed by atoms with Crippen LogP contribution in [0.1, 0.15) is 28.7 Å². The molecule has 2 heterocycles. The van der Waals surface area contributed by atoms with Crippen molar-refractivity contribution in [3.63, 3.8) is 0 Å². The number of fused-ring (bicyclic) bond motifs is 1. The Hall–Kier alpha value is -1.82. The average molecular weight is 350 g/mol. The second kappa shape index (κ2) is 5.52. The summed E-state index contributed by atoms with van der Waals surface area (Å²) in [5.41, 5.74) is 3.45. The summed E-state index contributed by atoms with van der Waals surface area (Å²) in [6, 6.07) is 5.79. The van der Waals surface area contributed by atoms with Crippen molar-refractivity contribution in [2.24, 2.45) is 0 Å². The van der Waals surface area contributed by atoms with Crippen LogP contribution in [0.2, 0.25) is 0 Å². The standard InChI is InChI=1S/C15H16BrN3O2/c1-3-11-13(16)14(18-17-11)15(20)19-7-6-9-8-10(21-2)4-5-12(9)19/h4-5,8H,3,6-7H2,1-2H3,(H,17,18). The molecule has 2 aromatic rings. The van der Waals surface area contributed by atoms with Crippen molar-refractivity contribution in [3.05, 3.63) is 39.6 Å². The van der Waals surface area contributed by atoms with E-state index in [2.05, 4.69) is 26.1 Å². The van der Waals surface area contributed by atoms with Gasteiger partial charge in [0.15, 0.2) is 5.69 Å². The van der Waals surface area contributed by atoms with Gasteiger partial charge in [-0.05, 0) is 52.5 Å². The largest absolute Gasteiger partial charge is 0.497 e. The molecule has 0 unspecified atom stereocenters. The highest BCUT2D eigenvalue weighted by molar-refractivity contribution is 9.10. The molecule has 0 bridgehead atoms. The third-order valence-corrected chi connectivity index (χ3v) is 4.61. The Labute approximate surface area is 131 Å². The van der Waals surface area contributed by atoms with E-state index in [1.54, 1.807) is 12.0 Å². The first-order chi connectivity index (χ1) is 10.2. The third-order valence-electron chi connectivity index (χ3n) is 3.76. The lowest BCUT2D eigenvalue weighted by Crippen LogP contribution is -2.29. The van der Waals surface area contributed by atoms with Crippen LogP contribution in [0, 0.1) is 0 Å². The van der Waals surface area contributed by atoms with E-state index >= 15 is 0 Å². The number of rotatable bonds is 3. The number of hydrogen-bond donors (Lipinski definition) is 1. The van der Waals surface area contributed by atoms with Crippen molar-refractivity contribution >= 4 is 27.5 Å². The Bertz CT molecular complexity index is 696. The van der Waals surface area contributed by atoms with Crippen LogP contribution in [0.5, 0.6) is 5.75 Å². The molecule has 6 heteroatoms. The van der Waals surface area contributed by atoms with Gasteiger partial charge in [0, 0.05) is 17.9 Å². The Morgan fingerprint density at radius 3 is 3.00 bits per heavy atom. The highest BCUT2D eigenvalue weighted by Crippen LogP contribution is 2.33. The molecule has 1 aliphatic heterocycles. The maximum atomic E-state index is 12.7. The number of carbonyl (C=O) groups excluding carboxylic acids is 1. The number of nitrogens with zero attached hydrogens (tertiary/aromatic N) is 2. The van der Waals surface area contributed by atoms with Crippen molar-refractivity contribution < 1.29 is 9.53 Å². The van der Waals surface area contributed by atoms with Gasteiger partial charge < -0.3 is 9.64 Å². The summed E-state index contributed by atoms with van der Waals surface area (Å²) in [5.74, 6) is 0.735. The van der Waals surface area contributed by atoms with Gasteiger partial charge in [0.2, 0.25) is 0 Å². The first kappa shape index (κ1) is 14.1. The molecule has 1 aromatic carbocycles. The molecule has 1 aliphatic rings. The molecule has 1 aromatic heterocycles. The highest BCUT2D eigenvalue weighted by Gasteiger charge is 2.29. The third kappa shape index (κ3) is 2.33. The van der Waals surface area contributed by atoms with Crippen molar-refractivity contribution in [1.82, 2.24) is 10.2 Å². The number of carbonyl (C=O) groups is 1. The number of hydrogen-bond acceptors (Lipinski definition) is 3. The van der Waals surface area contributed by atoms with Crippen LogP contribution in [0.4, 0.5) is 5.69 Å². The van der Waals surface area contributed by atoms with Crippen LogP contribution < -0.4 is 9.64 Å². The topological polar surface area (TPSA) is 58.2 Å². The number of H-pyrrole nitrogens is 1. The number of aryl methyl sites for hydroxylation is 1. The zero-order valence-electron chi connectivity index (χ0n) is 11.9. The van der Waals surface area contributed by atoms with Crippen LogP contribution >= 0.6 is 15.9 Å². The number of ether oxygens (including phenoxy) is 1. The number of methoxy groups -OCH3 is 1. The average Bonchev–Trinajstić information content (AvgIpc) is 3.09. The summed E-state index contributed by atoms with van der Waals surface area (Å²) in [5, 5.41) is 7.06. The van der Waals surface area contributed by atoms with E-state index in [0.29, 0.717) is 12.2 Å². The van der Waals surface area contributed by atoms with E-state index < -0.39 is 0 Å². The number of aromatic amines is 1. The van der Waals surface area contributed by atoms with Crippen LogP contribution in [0.25, 0.3) is 0 Å². The molecule has 110 valence electrons. The monoisotopic (exact) mass is 349 g/mol. The molecular weight excluding hydrogens is 334 g/mol. The van der Waals surface area contributed by atoms with Crippen LogP contribution in [0.3, 0.4) is 0 Å². The second-order valence-corrected chi connectivity index (χ2v) is 5.71. The number of nitrogens with one attached hydrogen (secondary N) is 1. The normalized spacial score (nSPS) is 13.4. The minimum Gasteiger partial charge on any atom is -0.497 e. The molecule has 0 spiro atoms. The van der Waals surface area contributed by atoms with E-state index in [0.717, 1.165) is 40.0 Å². The summed E-state index contributed by atoms with van der Waals surface area (Å²) < 4.78 is 5.99. The van der Waals surface area contributed by atoms with Gasteiger partial charge >= 0.3 is 0 Å². The van der Waals surface area contributed by atoms with Gasteiger partial charge in [-0.3, -0.25) is 9.89 Å². The van der Waals surface area contributed by atoms with E-state index in [4.69, 9.17) is 4.74 Å². The molecule has 0 fully saturated rings. The summed E-state index contributed by atoms with van der Waals surface area (Å²) in [4.78, 5) is 14.5. The van der Waals surface area contributed by atoms with Gasteiger partial charge in [-0.1, -0.05) is 6.92 Å². The highest BCUT2D eigenvalue weighted by atomic mass is 79.9. The molecule has 5 nitrogen and oxygen atoms in total. The minimum absolute atomic E-state index is 0.0817. The Balaban J connectivity index is 1.93. The van der Waals surface area contributed by atoms with Crippen molar-refractivity contribution in [2.45, 2.75) is 19.8 Å². The second-order valence-electron chi connectivity index (χ2n) is 4.92. The zero-order valence-corrected chi connectivity index (χ0v) is 13.5. The first-order valence-corrected chi connectivity index (χ1v) is 7.66. The van der Waals surface area contributed by atoms with E-state index in [1.165, 1.54) is 0 Å². The predicted molar refractivity (Wildman–Crippen MR) is 84.0 cm³/mol. The number of halogens is 1. The fourth-order valence-corrected chi connectivity index (χ4v) is 3.21. The zero-order chi connectivity index (χ0) is 15.0. The smallest absolute Gasteiger partial charge is 0.279 e. The van der Waals surface area contributed by atoms with Gasteiger partial charge in [0.25, 0.3) is 5.91 Å². The van der Waals surface area contributed by atoms with Crippen molar-refractivity contribution in [3.8, 4) is 5.75 Å². The fraction of sp³-hybridized carbons (Fsp3) is 0.333. The SMILES string of the molecule is CCc1[nH]nc(C(=O)N2CCc3cc(OC)ccc32)c1Br.